The average Bonchev–Trinajstić information content (AvgIpc) is 2.69. The lowest BCUT2D eigenvalue weighted by atomic mass is 10.2. The van der Waals surface area contributed by atoms with E-state index in [1.165, 1.54) is 5.56 Å². The van der Waals surface area contributed by atoms with E-state index in [0.29, 0.717) is 6.61 Å². The second-order valence-electron chi connectivity index (χ2n) is 5.05. The monoisotopic (exact) mass is 329 g/mol. The summed E-state index contributed by atoms with van der Waals surface area (Å²) in [5, 5.41) is 3.38. The van der Waals surface area contributed by atoms with Crippen molar-refractivity contribution in [3.63, 3.8) is 0 Å². The fourth-order valence-electron chi connectivity index (χ4n) is 2.06. The third-order valence-electron chi connectivity index (χ3n) is 2.98. The number of halogens is 1. The minimum absolute atomic E-state index is 0.122. The molecule has 0 bridgehead atoms. The molecule has 1 aromatic rings. The molecule has 1 fully saturated rings. The van der Waals surface area contributed by atoms with Gasteiger partial charge in [-0.15, -0.1) is 0 Å². The van der Waals surface area contributed by atoms with Crippen LogP contribution in [0, 0.1) is 0 Å². The Kier molecular flexibility index (Phi) is 4.84. The molecule has 1 heterocycles. The molecule has 106 valence electrons. The molecule has 0 aliphatic carbocycles. The summed E-state index contributed by atoms with van der Waals surface area (Å²) in [7, 11) is 1.66. The van der Waals surface area contributed by atoms with Crippen molar-refractivity contribution in [3.8, 4) is 5.75 Å². The lowest BCUT2D eigenvalue weighted by Crippen LogP contribution is -2.30. The normalized spacial score (nSPS) is 21.6. The third-order valence-corrected chi connectivity index (χ3v) is 3.60. The van der Waals surface area contributed by atoms with Gasteiger partial charge < -0.3 is 19.5 Å². The van der Waals surface area contributed by atoms with Crippen LogP contribution in [0.5, 0.6) is 5.75 Å². The smallest absolute Gasteiger partial charge is 0.163 e. The van der Waals surface area contributed by atoms with Gasteiger partial charge in [-0.2, -0.15) is 0 Å². The molecule has 1 aromatic carbocycles. The molecule has 0 aromatic heterocycles. The van der Waals surface area contributed by atoms with E-state index in [-0.39, 0.29) is 6.10 Å². The molecule has 1 aliphatic heterocycles. The number of hydrogen-bond donors (Lipinski definition) is 1. The van der Waals surface area contributed by atoms with Crippen LogP contribution < -0.4 is 10.1 Å². The van der Waals surface area contributed by atoms with Crippen LogP contribution in [0.25, 0.3) is 0 Å². The molecule has 1 N–H and O–H groups in total. The van der Waals surface area contributed by atoms with E-state index in [0.717, 1.165) is 23.3 Å². The average molecular weight is 330 g/mol. The Bertz CT molecular complexity index is 437. The van der Waals surface area contributed by atoms with Gasteiger partial charge in [0, 0.05) is 13.1 Å². The first-order valence-electron chi connectivity index (χ1n) is 6.35. The summed E-state index contributed by atoms with van der Waals surface area (Å²) in [6.45, 7) is 6.10. The van der Waals surface area contributed by atoms with Gasteiger partial charge >= 0.3 is 0 Å². The van der Waals surface area contributed by atoms with Crippen molar-refractivity contribution < 1.29 is 14.2 Å². The van der Waals surface area contributed by atoms with Crippen LogP contribution in [-0.2, 0) is 16.0 Å². The lowest BCUT2D eigenvalue weighted by molar-refractivity contribution is -0.137. The van der Waals surface area contributed by atoms with E-state index >= 15 is 0 Å². The standard InChI is InChI=1S/C14H20BrNO3/c1-14(2)18-9-11(19-14)8-16-7-10-4-5-13(17-3)12(15)6-10/h4-6,11,16H,7-9H2,1-3H3. The Morgan fingerprint density at radius 1 is 1.47 bits per heavy atom. The van der Waals surface area contributed by atoms with Crippen molar-refractivity contribution in [2.24, 2.45) is 0 Å². The van der Waals surface area contributed by atoms with Gasteiger partial charge in [0.2, 0.25) is 0 Å². The molecule has 1 saturated heterocycles. The number of nitrogens with one attached hydrogen (secondary N) is 1. The molecule has 0 amide bonds. The van der Waals surface area contributed by atoms with Gasteiger partial charge in [-0.25, -0.2) is 0 Å². The van der Waals surface area contributed by atoms with Gasteiger partial charge in [-0.05, 0) is 47.5 Å². The van der Waals surface area contributed by atoms with Gasteiger partial charge in [0.05, 0.1) is 24.3 Å². The topological polar surface area (TPSA) is 39.7 Å². The highest BCUT2D eigenvalue weighted by Crippen LogP contribution is 2.25. The Morgan fingerprint density at radius 2 is 2.26 bits per heavy atom. The predicted octanol–water partition coefficient (Wildman–Crippen LogP) is 2.70. The second kappa shape index (κ2) is 6.22. The highest BCUT2D eigenvalue weighted by Gasteiger charge is 2.32. The molecule has 19 heavy (non-hydrogen) atoms. The first kappa shape index (κ1) is 14.8. The van der Waals surface area contributed by atoms with Crippen LogP contribution >= 0.6 is 15.9 Å². The fourth-order valence-corrected chi connectivity index (χ4v) is 2.65. The molecule has 2 rings (SSSR count). The zero-order chi connectivity index (χ0) is 13.9. The summed E-state index contributed by atoms with van der Waals surface area (Å²) in [5.41, 5.74) is 1.20. The van der Waals surface area contributed by atoms with Crippen LogP contribution in [0.3, 0.4) is 0 Å². The van der Waals surface area contributed by atoms with Crippen molar-refractivity contribution in [2.75, 3.05) is 20.3 Å². The quantitative estimate of drug-likeness (QED) is 0.901. The maximum Gasteiger partial charge on any atom is 0.163 e. The first-order valence-corrected chi connectivity index (χ1v) is 7.14. The summed E-state index contributed by atoms with van der Waals surface area (Å²) < 4.78 is 17.4. The molecule has 1 unspecified atom stereocenters. The maximum absolute atomic E-state index is 5.73. The Balaban J connectivity index is 1.78. The van der Waals surface area contributed by atoms with Crippen molar-refractivity contribution in [1.29, 1.82) is 0 Å². The summed E-state index contributed by atoms with van der Waals surface area (Å²) in [5.74, 6) is 0.396. The van der Waals surface area contributed by atoms with Crippen LogP contribution in [-0.4, -0.2) is 32.2 Å². The van der Waals surface area contributed by atoms with Gasteiger partial charge in [0.25, 0.3) is 0 Å². The number of benzene rings is 1. The van der Waals surface area contributed by atoms with Gasteiger partial charge in [-0.3, -0.25) is 0 Å². The Morgan fingerprint density at radius 3 is 2.84 bits per heavy atom. The largest absolute Gasteiger partial charge is 0.496 e. The predicted molar refractivity (Wildman–Crippen MR) is 77.3 cm³/mol. The van der Waals surface area contributed by atoms with Crippen LogP contribution in [0.1, 0.15) is 19.4 Å². The van der Waals surface area contributed by atoms with Crippen molar-refractivity contribution in [1.82, 2.24) is 5.32 Å². The maximum atomic E-state index is 5.73. The fraction of sp³-hybridized carbons (Fsp3) is 0.571. The van der Waals surface area contributed by atoms with E-state index in [1.807, 2.05) is 26.0 Å². The van der Waals surface area contributed by atoms with Crippen molar-refractivity contribution in [3.05, 3.63) is 28.2 Å². The van der Waals surface area contributed by atoms with E-state index in [4.69, 9.17) is 14.2 Å². The SMILES string of the molecule is COc1ccc(CNCC2COC(C)(C)O2)cc1Br. The third kappa shape index (κ3) is 4.18. The van der Waals surface area contributed by atoms with Crippen molar-refractivity contribution >= 4 is 15.9 Å². The summed E-state index contributed by atoms with van der Waals surface area (Å²) in [4.78, 5) is 0. The highest BCUT2D eigenvalue weighted by molar-refractivity contribution is 9.10. The molecule has 1 aliphatic rings. The first-order chi connectivity index (χ1) is 9.00. The molecule has 1 atom stereocenters. The summed E-state index contributed by atoms with van der Waals surface area (Å²) in [6.07, 6.45) is 0.122. The van der Waals surface area contributed by atoms with Gasteiger partial charge in [0.15, 0.2) is 5.79 Å². The number of rotatable bonds is 5. The Hall–Kier alpha value is -0.620. The zero-order valence-corrected chi connectivity index (χ0v) is 13.1. The van der Waals surface area contributed by atoms with Gasteiger partial charge in [0.1, 0.15) is 5.75 Å². The minimum atomic E-state index is -0.449. The number of ether oxygens (including phenoxy) is 3. The van der Waals surface area contributed by atoms with Gasteiger partial charge in [-0.1, -0.05) is 6.07 Å². The number of methoxy groups -OCH3 is 1. The molecule has 5 heteroatoms. The van der Waals surface area contributed by atoms with E-state index < -0.39 is 5.79 Å². The lowest BCUT2D eigenvalue weighted by Gasteiger charge is -2.17. The molecular weight excluding hydrogens is 310 g/mol. The van der Waals surface area contributed by atoms with Crippen molar-refractivity contribution in [2.45, 2.75) is 32.3 Å². The second-order valence-corrected chi connectivity index (χ2v) is 5.90. The zero-order valence-electron chi connectivity index (χ0n) is 11.5. The van der Waals surface area contributed by atoms with E-state index in [9.17, 15) is 0 Å². The van der Waals surface area contributed by atoms with Crippen LogP contribution in [0.4, 0.5) is 0 Å². The molecule has 0 spiro atoms. The molecule has 4 nitrogen and oxygen atoms in total. The molecule has 0 radical (unpaired) electrons. The molecule has 0 saturated carbocycles. The van der Waals surface area contributed by atoms with Crippen LogP contribution in [0.2, 0.25) is 0 Å². The molecular formula is C14H20BrNO3. The summed E-state index contributed by atoms with van der Waals surface area (Å²) in [6, 6.07) is 6.06. The minimum Gasteiger partial charge on any atom is -0.496 e. The Labute approximate surface area is 122 Å². The van der Waals surface area contributed by atoms with E-state index in [2.05, 4.69) is 27.3 Å². The van der Waals surface area contributed by atoms with Crippen LogP contribution in [0.15, 0.2) is 22.7 Å². The summed E-state index contributed by atoms with van der Waals surface area (Å²) >= 11 is 3.48. The van der Waals surface area contributed by atoms with E-state index in [1.54, 1.807) is 7.11 Å². The number of hydrogen-bond acceptors (Lipinski definition) is 4. The highest BCUT2D eigenvalue weighted by atomic mass is 79.9.